The summed E-state index contributed by atoms with van der Waals surface area (Å²) in [5.74, 6) is -0.256. The van der Waals surface area contributed by atoms with Crippen molar-refractivity contribution in [1.82, 2.24) is 24.8 Å². The highest BCUT2D eigenvalue weighted by Gasteiger charge is 2.14. The molecule has 4 rings (SSSR count). The number of ether oxygens (including phenoxy) is 1. The van der Waals surface area contributed by atoms with E-state index < -0.39 is 0 Å². The number of hydrogen-bond donors (Lipinski definition) is 1. The molecule has 3 heterocycles. The van der Waals surface area contributed by atoms with Crippen LogP contribution in [0.15, 0.2) is 47.4 Å². The Labute approximate surface area is 178 Å². The second-order valence-corrected chi connectivity index (χ2v) is 7.59. The van der Waals surface area contributed by atoms with E-state index in [-0.39, 0.29) is 17.9 Å². The first-order valence-electron chi connectivity index (χ1n) is 9.76. The minimum absolute atomic E-state index is 0.0578. The second-order valence-electron chi connectivity index (χ2n) is 7.15. The first kappa shape index (κ1) is 20.5. The Morgan fingerprint density at radius 1 is 1.13 bits per heavy atom. The van der Waals surface area contributed by atoms with Gasteiger partial charge in [-0.1, -0.05) is 23.7 Å². The summed E-state index contributed by atoms with van der Waals surface area (Å²) in [5, 5.41) is 7.90. The minimum Gasteiger partial charge on any atom is -0.379 e. The molecule has 156 valence electrons. The molecule has 1 aromatic carbocycles. The number of carbonyl (C=O) groups is 1. The summed E-state index contributed by atoms with van der Waals surface area (Å²) in [6, 6.07) is 10.9. The smallest absolute Gasteiger partial charge is 0.278 e. The van der Waals surface area contributed by atoms with Gasteiger partial charge >= 0.3 is 0 Å². The molecular formula is C21H22ClN5O3. The van der Waals surface area contributed by atoms with E-state index in [1.807, 2.05) is 18.2 Å². The number of halogens is 1. The maximum absolute atomic E-state index is 12.9. The molecule has 9 heteroatoms. The van der Waals surface area contributed by atoms with Gasteiger partial charge in [-0.05, 0) is 29.8 Å². The van der Waals surface area contributed by atoms with E-state index >= 15 is 0 Å². The summed E-state index contributed by atoms with van der Waals surface area (Å²) < 4.78 is 6.64. The predicted octanol–water partition coefficient (Wildman–Crippen LogP) is 1.43. The molecule has 3 aromatic rings. The van der Waals surface area contributed by atoms with Crippen LogP contribution < -0.4 is 10.9 Å². The largest absolute Gasteiger partial charge is 0.379 e. The zero-order valence-corrected chi connectivity index (χ0v) is 17.1. The highest BCUT2D eigenvalue weighted by atomic mass is 35.5. The highest BCUT2D eigenvalue weighted by Crippen LogP contribution is 2.09. The zero-order chi connectivity index (χ0) is 20.9. The summed E-state index contributed by atoms with van der Waals surface area (Å²) in [4.78, 5) is 31.7. The van der Waals surface area contributed by atoms with E-state index in [0.29, 0.717) is 42.5 Å². The van der Waals surface area contributed by atoms with E-state index in [2.05, 4.69) is 20.3 Å². The predicted molar refractivity (Wildman–Crippen MR) is 112 cm³/mol. The van der Waals surface area contributed by atoms with Crippen LogP contribution in [0.4, 0.5) is 0 Å². The van der Waals surface area contributed by atoms with Gasteiger partial charge in [0.1, 0.15) is 0 Å². The van der Waals surface area contributed by atoms with Gasteiger partial charge in [0, 0.05) is 43.0 Å². The van der Waals surface area contributed by atoms with Crippen molar-refractivity contribution in [2.45, 2.75) is 19.5 Å². The van der Waals surface area contributed by atoms with Gasteiger partial charge in [0.05, 0.1) is 25.3 Å². The van der Waals surface area contributed by atoms with Gasteiger partial charge in [-0.3, -0.25) is 14.5 Å². The molecule has 1 aliphatic heterocycles. The van der Waals surface area contributed by atoms with Gasteiger partial charge in [-0.25, -0.2) is 4.98 Å². The summed E-state index contributed by atoms with van der Waals surface area (Å²) >= 11 is 5.87. The van der Waals surface area contributed by atoms with Crippen molar-refractivity contribution < 1.29 is 9.53 Å². The summed E-state index contributed by atoms with van der Waals surface area (Å²) in [6.07, 6.45) is 1.39. The number of fused-ring (bicyclic) bond motifs is 1. The Bertz CT molecular complexity index is 1090. The molecule has 0 saturated carbocycles. The SMILES string of the molecule is O=C(Cc1cnc2ccc(CN3CCOCC3)nn2c1=O)NCc1ccc(Cl)cc1. The molecule has 0 radical (unpaired) electrons. The molecule has 1 N–H and O–H groups in total. The maximum atomic E-state index is 12.9. The molecule has 1 amide bonds. The van der Waals surface area contributed by atoms with Crippen molar-refractivity contribution >= 4 is 23.2 Å². The molecule has 0 spiro atoms. The fourth-order valence-electron chi connectivity index (χ4n) is 3.27. The molecule has 0 atom stereocenters. The Kier molecular flexibility index (Phi) is 6.37. The third kappa shape index (κ3) is 5.02. The lowest BCUT2D eigenvalue weighted by atomic mass is 10.2. The fraction of sp³-hybridized carbons (Fsp3) is 0.333. The van der Waals surface area contributed by atoms with Crippen LogP contribution >= 0.6 is 11.6 Å². The number of nitrogens with one attached hydrogen (secondary N) is 1. The third-order valence-corrected chi connectivity index (χ3v) is 5.19. The quantitative estimate of drug-likeness (QED) is 0.640. The first-order valence-corrected chi connectivity index (χ1v) is 10.1. The van der Waals surface area contributed by atoms with E-state index in [9.17, 15) is 9.59 Å². The number of morpholine rings is 1. The number of aromatic nitrogens is 3. The van der Waals surface area contributed by atoms with Crippen molar-refractivity contribution in [3.05, 3.63) is 74.8 Å². The third-order valence-electron chi connectivity index (χ3n) is 4.93. The van der Waals surface area contributed by atoms with E-state index in [4.69, 9.17) is 16.3 Å². The molecular weight excluding hydrogens is 406 g/mol. The molecule has 30 heavy (non-hydrogen) atoms. The number of amides is 1. The summed E-state index contributed by atoms with van der Waals surface area (Å²) in [7, 11) is 0. The zero-order valence-electron chi connectivity index (χ0n) is 16.4. The van der Waals surface area contributed by atoms with E-state index in [1.165, 1.54) is 10.7 Å². The molecule has 0 bridgehead atoms. The van der Waals surface area contributed by atoms with Crippen molar-refractivity contribution in [3.63, 3.8) is 0 Å². The second kappa shape index (κ2) is 9.34. The Morgan fingerprint density at radius 3 is 2.67 bits per heavy atom. The van der Waals surface area contributed by atoms with Crippen LogP contribution in [0.1, 0.15) is 16.8 Å². The Hall–Kier alpha value is -2.81. The topological polar surface area (TPSA) is 88.8 Å². The van der Waals surface area contributed by atoms with Gasteiger partial charge in [-0.2, -0.15) is 9.61 Å². The van der Waals surface area contributed by atoms with Crippen molar-refractivity contribution in [1.29, 1.82) is 0 Å². The molecule has 0 aliphatic carbocycles. The number of rotatable bonds is 6. The van der Waals surface area contributed by atoms with Crippen molar-refractivity contribution in [3.8, 4) is 0 Å². The number of nitrogens with zero attached hydrogens (tertiary/aromatic N) is 4. The number of carbonyl (C=O) groups excluding carboxylic acids is 1. The minimum atomic E-state index is -0.328. The van der Waals surface area contributed by atoms with Crippen LogP contribution in [0.5, 0.6) is 0 Å². The summed E-state index contributed by atoms with van der Waals surface area (Å²) in [5.41, 5.74) is 2.13. The molecule has 0 unspecified atom stereocenters. The van der Waals surface area contributed by atoms with Gasteiger partial charge < -0.3 is 10.1 Å². The van der Waals surface area contributed by atoms with E-state index in [0.717, 1.165) is 24.3 Å². The van der Waals surface area contributed by atoms with Gasteiger partial charge in [0.15, 0.2) is 5.65 Å². The number of benzene rings is 1. The summed E-state index contributed by atoms with van der Waals surface area (Å²) in [6.45, 7) is 4.06. The Morgan fingerprint density at radius 2 is 1.90 bits per heavy atom. The van der Waals surface area contributed by atoms with Crippen molar-refractivity contribution in [2.24, 2.45) is 0 Å². The maximum Gasteiger partial charge on any atom is 0.278 e. The Balaban J connectivity index is 1.45. The standard InChI is InChI=1S/C21H22ClN5O3/c22-17-3-1-15(2-4-17)12-24-20(28)11-16-13-23-19-6-5-18(25-27(19)21(16)29)14-26-7-9-30-10-8-26/h1-6,13H,7-12,14H2,(H,24,28). The fourth-order valence-corrected chi connectivity index (χ4v) is 3.40. The van der Waals surface area contributed by atoms with Crippen LogP contribution in [-0.2, 0) is 29.0 Å². The molecule has 1 fully saturated rings. The van der Waals surface area contributed by atoms with Gasteiger partial charge in [-0.15, -0.1) is 0 Å². The van der Waals surface area contributed by atoms with Crippen LogP contribution in [0.25, 0.3) is 5.65 Å². The van der Waals surface area contributed by atoms with Gasteiger partial charge in [0.25, 0.3) is 5.56 Å². The monoisotopic (exact) mass is 427 g/mol. The lowest BCUT2D eigenvalue weighted by Gasteiger charge is -2.26. The van der Waals surface area contributed by atoms with Crippen molar-refractivity contribution in [2.75, 3.05) is 26.3 Å². The van der Waals surface area contributed by atoms with Crippen LogP contribution in [0.3, 0.4) is 0 Å². The normalized spacial score (nSPS) is 14.7. The molecule has 1 aliphatic rings. The average molecular weight is 428 g/mol. The van der Waals surface area contributed by atoms with Crippen LogP contribution in [0.2, 0.25) is 5.02 Å². The van der Waals surface area contributed by atoms with Crippen LogP contribution in [0, 0.1) is 0 Å². The lowest BCUT2D eigenvalue weighted by molar-refractivity contribution is -0.120. The molecule has 2 aromatic heterocycles. The molecule has 1 saturated heterocycles. The van der Waals surface area contributed by atoms with Crippen LogP contribution in [-0.4, -0.2) is 51.7 Å². The first-order chi connectivity index (χ1) is 14.6. The van der Waals surface area contributed by atoms with Gasteiger partial charge in [0.2, 0.25) is 5.91 Å². The van der Waals surface area contributed by atoms with E-state index in [1.54, 1.807) is 18.2 Å². The number of hydrogen-bond acceptors (Lipinski definition) is 6. The highest BCUT2D eigenvalue weighted by molar-refractivity contribution is 6.30. The average Bonchev–Trinajstić information content (AvgIpc) is 2.76. The lowest BCUT2D eigenvalue weighted by Crippen LogP contribution is -2.36. The molecule has 8 nitrogen and oxygen atoms in total.